The summed E-state index contributed by atoms with van der Waals surface area (Å²) >= 11 is 0. The molecule has 0 aromatic rings. The summed E-state index contributed by atoms with van der Waals surface area (Å²) in [7, 11) is 1.70. The summed E-state index contributed by atoms with van der Waals surface area (Å²) in [6.45, 7) is 4.17. The fourth-order valence-corrected chi connectivity index (χ4v) is 1.05. The maximum atomic E-state index is 8.97. The number of hydrogen-bond donors (Lipinski definition) is 1. The van der Waals surface area contributed by atoms with Crippen molar-refractivity contribution in [1.29, 1.82) is 0 Å². The van der Waals surface area contributed by atoms with Gasteiger partial charge in [0.2, 0.25) is 0 Å². The third-order valence-corrected chi connectivity index (χ3v) is 1.80. The van der Waals surface area contributed by atoms with Gasteiger partial charge in [-0.25, -0.2) is 0 Å². The maximum Gasteiger partial charge on any atom is 0.0512 e. The summed E-state index contributed by atoms with van der Waals surface area (Å²) in [5.74, 6) is 0. The third-order valence-electron chi connectivity index (χ3n) is 1.80. The predicted octanol–water partition coefficient (Wildman–Crippen LogP) is 1.59. The quantitative estimate of drug-likeness (QED) is 0.561. The summed E-state index contributed by atoms with van der Waals surface area (Å²) in [4.78, 5) is 0. The van der Waals surface area contributed by atoms with Crippen molar-refractivity contribution >= 4 is 0 Å². The van der Waals surface area contributed by atoms with Gasteiger partial charge < -0.3 is 14.6 Å². The average Bonchev–Trinajstić information content (AvgIpc) is 2.09. The highest BCUT2D eigenvalue weighted by atomic mass is 16.5. The molecule has 1 unspecified atom stereocenters. The van der Waals surface area contributed by atoms with E-state index in [1.54, 1.807) is 7.11 Å². The Hall–Kier alpha value is -0.120. The van der Waals surface area contributed by atoms with Crippen molar-refractivity contribution < 1.29 is 14.6 Å². The second kappa shape index (κ2) is 9.96. The van der Waals surface area contributed by atoms with E-state index < -0.39 is 0 Å². The first-order valence-corrected chi connectivity index (χ1v) is 5.02. The molecule has 0 fully saturated rings. The molecule has 0 aliphatic rings. The van der Waals surface area contributed by atoms with Gasteiger partial charge >= 0.3 is 0 Å². The van der Waals surface area contributed by atoms with Crippen molar-refractivity contribution in [2.75, 3.05) is 26.9 Å². The average molecular weight is 190 g/mol. The van der Waals surface area contributed by atoms with Gasteiger partial charge in [-0.05, 0) is 32.6 Å². The molecule has 3 nitrogen and oxygen atoms in total. The lowest BCUT2D eigenvalue weighted by molar-refractivity contribution is 0.0973. The number of rotatable bonds is 9. The van der Waals surface area contributed by atoms with Crippen LogP contribution in [0.3, 0.4) is 0 Å². The number of ether oxygens (including phenoxy) is 2. The molecule has 0 bridgehead atoms. The van der Waals surface area contributed by atoms with Gasteiger partial charge in [-0.1, -0.05) is 0 Å². The molecule has 0 aliphatic carbocycles. The van der Waals surface area contributed by atoms with Crippen LogP contribution in [0.15, 0.2) is 0 Å². The van der Waals surface area contributed by atoms with Gasteiger partial charge in [0.15, 0.2) is 0 Å². The smallest absolute Gasteiger partial charge is 0.0512 e. The van der Waals surface area contributed by atoms with Crippen molar-refractivity contribution in [3.05, 3.63) is 0 Å². The number of unbranched alkanes of at least 4 members (excludes halogenated alkanes) is 1. The van der Waals surface area contributed by atoms with Crippen LogP contribution in [0, 0.1) is 0 Å². The van der Waals surface area contributed by atoms with E-state index >= 15 is 0 Å². The Bertz CT molecular complexity index is 94.2. The lowest BCUT2D eigenvalue weighted by Gasteiger charge is -2.05. The SMILES string of the molecule is COCCCOCCCCC(C)O. The van der Waals surface area contributed by atoms with Crippen LogP contribution in [-0.2, 0) is 9.47 Å². The van der Waals surface area contributed by atoms with E-state index in [-0.39, 0.29) is 6.10 Å². The number of methoxy groups -OCH3 is 1. The molecular weight excluding hydrogens is 168 g/mol. The Morgan fingerprint density at radius 2 is 1.77 bits per heavy atom. The zero-order valence-electron chi connectivity index (χ0n) is 8.79. The molecule has 0 aromatic heterocycles. The van der Waals surface area contributed by atoms with Crippen molar-refractivity contribution in [2.45, 2.75) is 38.7 Å². The highest BCUT2D eigenvalue weighted by Gasteiger charge is 1.95. The van der Waals surface area contributed by atoms with E-state index in [0.717, 1.165) is 45.5 Å². The van der Waals surface area contributed by atoms with Crippen molar-refractivity contribution in [2.24, 2.45) is 0 Å². The van der Waals surface area contributed by atoms with E-state index in [0.29, 0.717) is 0 Å². The van der Waals surface area contributed by atoms with Gasteiger partial charge in [-0.2, -0.15) is 0 Å². The van der Waals surface area contributed by atoms with Crippen LogP contribution in [0.4, 0.5) is 0 Å². The van der Waals surface area contributed by atoms with Crippen LogP contribution in [0.2, 0.25) is 0 Å². The minimum absolute atomic E-state index is 0.173. The molecule has 0 saturated heterocycles. The molecule has 1 N–H and O–H groups in total. The molecule has 3 heteroatoms. The van der Waals surface area contributed by atoms with E-state index in [1.807, 2.05) is 6.92 Å². The van der Waals surface area contributed by atoms with Crippen LogP contribution in [0.25, 0.3) is 0 Å². The van der Waals surface area contributed by atoms with Gasteiger partial charge in [0.05, 0.1) is 6.10 Å². The monoisotopic (exact) mass is 190 g/mol. The normalized spacial score (nSPS) is 13.2. The topological polar surface area (TPSA) is 38.7 Å². The zero-order chi connectivity index (χ0) is 9.94. The van der Waals surface area contributed by atoms with Gasteiger partial charge in [-0.3, -0.25) is 0 Å². The Balaban J connectivity index is 2.84. The van der Waals surface area contributed by atoms with Crippen molar-refractivity contribution in [3.63, 3.8) is 0 Å². The maximum absolute atomic E-state index is 8.97. The second-order valence-electron chi connectivity index (χ2n) is 3.30. The van der Waals surface area contributed by atoms with E-state index in [2.05, 4.69) is 0 Å². The summed E-state index contributed by atoms with van der Waals surface area (Å²) in [5, 5.41) is 8.97. The minimum atomic E-state index is -0.173. The third kappa shape index (κ3) is 11.9. The lowest BCUT2D eigenvalue weighted by atomic mass is 10.2. The Labute approximate surface area is 81.0 Å². The first-order valence-electron chi connectivity index (χ1n) is 5.02. The van der Waals surface area contributed by atoms with Crippen LogP contribution in [-0.4, -0.2) is 38.1 Å². The molecule has 0 aliphatic heterocycles. The molecule has 0 heterocycles. The lowest BCUT2D eigenvalue weighted by Crippen LogP contribution is -2.03. The zero-order valence-corrected chi connectivity index (χ0v) is 8.79. The summed E-state index contributed by atoms with van der Waals surface area (Å²) < 4.78 is 10.2. The van der Waals surface area contributed by atoms with Crippen LogP contribution in [0.1, 0.15) is 32.6 Å². The van der Waals surface area contributed by atoms with E-state index in [4.69, 9.17) is 14.6 Å². The van der Waals surface area contributed by atoms with Crippen molar-refractivity contribution in [1.82, 2.24) is 0 Å². The molecule has 0 aromatic carbocycles. The fraction of sp³-hybridized carbons (Fsp3) is 1.00. The van der Waals surface area contributed by atoms with Crippen LogP contribution < -0.4 is 0 Å². The number of hydrogen-bond acceptors (Lipinski definition) is 3. The second-order valence-corrected chi connectivity index (χ2v) is 3.30. The highest BCUT2D eigenvalue weighted by Crippen LogP contribution is 2.00. The number of aliphatic hydroxyl groups is 1. The first kappa shape index (κ1) is 12.9. The van der Waals surface area contributed by atoms with Crippen LogP contribution >= 0.6 is 0 Å². The Morgan fingerprint density at radius 3 is 2.38 bits per heavy atom. The molecule has 1 atom stereocenters. The van der Waals surface area contributed by atoms with Crippen LogP contribution in [0.5, 0.6) is 0 Å². The molecule has 0 spiro atoms. The highest BCUT2D eigenvalue weighted by molar-refractivity contribution is 4.47. The molecule has 0 amide bonds. The molecule has 80 valence electrons. The Morgan fingerprint density at radius 1 is 1.08 bits per heavy atom. The molecule has 0 radical (unpaired) electrons. The van der Waals surface area contributed by atoms with Gasteiger partial charge in [-0.15, -0.1) is 0 Å². The predicted molar refractivity (Wildman–Crippen MR) is 52.8 cm³/mol. The molecule has 0 saturated carbocycles. The Kier molecular flexibility index (Phi) is 9.87. The largest absolute Gasteiger partial charge is 0.393 e. The minimum Gasteiger partial charge on any atom is -0.393 e. The van der Waals surface area contributed by atoms with Crippen molar-refractivity contribution in [3.8, 4) is 0 Å². The molecular formula is C10H22O3. The molecule has 0 rings (SSSR count). The number of aliphatic hydroxyl groups excluding tert-OH is 1. The summed E-state index contributed by atoms with van der Waals surface area (Å²) in [6, 6.07) is 0. The first-order chi connectivity index (χ1) is 6.27. The molecule has 13 heavy (non-hydrogen) atoms. The summed E-state index contributed by atoms with van der Waals surface area (Å²) in [6.07, 6.45) is 3.75. The fourth-order valence-electron chi connectivity index (χ4n) is 1.05. The van der Waals surface area contributed by atoms with Gasteiger partial charge in [0.1, 0.15) is 0 Å². The van der Waals surface area contributed by atoms with Gasteiger partial charge in [0.25, 0.3) is 0 Å². The van der Waals surface area contributed by atoms with E-state index in [9.17, 15) is 0 Å². The summed E-state index contributed by atoms with van der Waals surface area (Å²) in [5.41, 5.74) is 0. The standard InChI is InChI=1S/C10H22O3/c1-10(11)6-3-4-8-13-9-5-7-12-2/h10-11H,3-9H2,1-2H3. The van der Waals surface area contributed by atoms with Gasteiger partial charge in [0, 0.05) is 26.9 Å². The van der Waals surface area contributed by atoms with E-state index in [1.165, 1.54) is 0 Å².